The molecule has 6 nitrogen and oxygen atoms in total. The third-order valence-corrected chi connectivity index (χ3v) is 5.06. The molecule has 1 aromatic rings. The van der Waals surface area contributed by atoms with Gasteiger partial charge in [0.25, 0.3) is 5.91 Å². The lowest BCUT2D eigenvalue weighted by atomic mass is 10.0. The van der Waals surface area contributed by atoms with E-state index in [0.717, 1.165) is 57.4 Å². The lowest BCUT2D eigenvalue weighted by Crippen LogP contribution is -2.48. The molecule has 0 aliphatic carbocycles. The Morgan fingerprint density at radius 1 is 1.17 bits per heavy atom. The van der Waals surface area contributed by atoms with Crippen molar-refractivity contribution < 1.29 is 14.0 Å². The number of aryl methyl sites for hydroxylation is 1. The molecule has 2 fully saturated rings. The second kappa shape index (κ2) is 7.83. The summed E-state index contributed by atoms with van der Waals surface area (Å²) in [6, 6.07) is 1.95. The van der Waals surface area contributed by atoms with Gasteiger partial charge in [-0.15, -0.1) is 0 Å². The van der Waals surface area contributed by atoms with E-state index >= 15 is 0 Å². The van der Waals surface area contributed by atoms with Gasteiger partial charge in [-0.05, 0) is 45.1 Å². The van der Waals surface area contributed by atoms with Crippen LogP contribution in [0.2, 0.25) is 0 Å². The molecule has 0 spiro atoms. The smallest absolute Gasteiger partial charge is 0.287 e. The van der Waals surface area contributed by atoms with Crippen molar-refractivity contribution in [1.29, 1.82) is 0 Å². The Labute approximate surface area is 143 Å². The van der Waals surface area contributed by atoms with E-state index in [1.807, 2.05) is 11.8 Å². The fraction of sp³-hybridized carbons (Fsp3) is 0.667. The molecule has 1 aromatic heterocycles. The fourth-order valence-corrected chi connectivity index (χ4v) is 3.53. The molecular formula is C18H27N3O3. The van der Waals surface area contributed by atoms with Crippen molar-refractivity contribution in [2.75, 3.05) is 32.7 Å². The molecule has 132 valence electrons. The molecule has 24 heavy (non-hydrogen) atoms. The van der Waals surface area contributed by atoms with Gasteiger partial charge in [-0.3, -0.25) is 14.5 Å². The van der Waals surface area contributed by atoms with Gasteiger partial charge in [-0.25, -0.2) is 0 Å². The predicted molar refractivity (Wildman–Crippen MR) is 90.8 cm³/mol. The van der Waals surface area contributed by atoms with Crippen molar-refractivity contribution in [3.63, 3.8) is 0 Å². The number of amides is 2. The van der Waals surface area contributed by atoms with E-state index in [1.54, 1.807) is 12.3 Å². The Balaban J connectivity index is 1.41. The van der Waals surface area contributed by atoms with Crippen molar-refractivity contribution in [1.82, 2.24) is 15.1 Å². The van der Waals surface area contributed by atoms with Crippen LogP contribution in [0.15, 0.2) is 16.7 Å². The van der Waals surface area contributed by atoms with Crippen molar-refractivity contribution >= 4 is 11.8 Å². The summed E-state index contributed by atoms with van der Waals surface area (Å²) in [6.45, 7) is 5.90. The van der Waals surface area contributed by atoms with Crippen LogP contribution in [-0.2, 0) is 4.79 Å². The Hall–Kier alpha value is -1.82. The summed E-state index contributed by atoms with van der Waals surface area (Å²) in [5.41, 5.74) is 0.858. The van der Waals surface area contributed by atoms with Gasteiger partial charge in [0.2, 0.25) is 5.91 Å². The zero-order chi connectivity index (χ0) is 16.9. The minimum atomic E-state index is -0.139. The Bertz CT molecular complexity index is 570. The minimum Gasteiger partial charge on any atom is -0.459 e. The number of carbonyl (C=O) groups excluding carboxylic acids is 2. The summed E-state index contributed by atoms with van der Waals surface area (Å²) >= 11 is 0. The number of likely N-dealkylation sites (tertiary alicyclic amines) is 2. The molecule has 2 aliphatic heterocycles. The third kappa shape index (κ3) is 4.17. The van der Waals surface area contributed by atoms with Gasteiger partial charge >= 0.3 is 0 Å². The zero-order valence-corrected chi connectivity index (χ0v) is 14.4. The first kappa shape index (κ1) is 17.0. The zero-order valence-electron chi connectivity index (χ0n) is 14.4. The van der Waals surface area contributed by atoms with Crippen molar-refractivity contribution in [3.8, 4) is 0 Å². The third-order valence-electron chi connectivity index (χ3n) is 5.06. The molecule has 1 N–H and O–H groups in total. The maximum absolute atomic E-state index is 12.3. The van der Waals surface area contributed by atoms with E-state index in [9.17, 15) is 9.59 Å². The van der Waals surface area contributed by atoms with Crippen molar-refractivity contribution in [3.05, 3.63) is 23.7 Å². The molecule has 0 bridgehead atoms. The number of nitrogens with zero attached hydrogens (tertiary/aromatic N) is 2. The second-order valence-electron chi connectivity index (χ2n) is 6.90. The van der Waals surface area contributed by atoms with E-state index in [0.29, 0.717) is 12.3 Å². The second-order valence-corrected chi connectivity index (χ2v) is 6.90. The molecule has 3 rings (SSSR count). The maximum Gasteiger partial charge on any atom is 0.287 e. The number of nitrogens with one attached hydrogen (secondary N) is 1. The van der Waals surface area contributed by atoms with Crippen molar-refractivity contribution in [2.24, 2.45) is 0 Å². The average molecular weight is 333 g/mol. The molecule has 2 aliphatic rings. The van der Waals surface area contributed by atoms with E-state index in [1.165, 1.54) is 6.42 Å². The first-order valence-corrected chi connectivity index (χ1v) is 8.98. The van der Waals surface area contributed by atoms with Gasteiger partial charge in [0.15, 0.2) is 5.76 Å². The standard InChI is InChI=1S/C18H27N3O3/c1-14-7-12-24-17(14)18(23)19-15-5-10-20(11-6-15)13-16(22)21-8-3-2-4-9-21/h7,12,15H,2-6,8-11,13H2,1H3,(H,19,23). The number of furan rings is 1. The van der Waals surface area contributed by atoms with E-state index in [2.05, 4.69) is 10.2 Å². The lowest BCUT2D eigenvalue weighted by Gasteiger charge is -2.34. The fourth-order valence-electron chi connectivity index (χ4n) is 3.53. The number of piperidine rings is 2. The average Bonchev–Trinajstić information content (AvgIpc) is 3.03. The van der Waals surface area contributed by atoms with Crippen LogP contribution in [0.25, 0.3) is 0 Å². The van der Waals surface area contributed by atoms with E-state index in [4.69, 9.17) is 4.42 Å². The highest BCUT2D eigenvalue weighted by atomic mass is 16.3. The van der Waals surface area contributed by atoms with Gasteiger partial charge in [-0.2, -0.15) is 0 Å². The summed E-state index contributed by atoms with van der Waals surface area (Å²) in [5, 5.41) is 3.04. The number of carbonyl (C=O) groups is 2. The van der Waals surface area contributed by atoms with Crippen LogP contribution in [0, 0.1) is 6.92 Å². The lowest BCUT2D eigenvalue weighted by molar-refractivity contribution is -0.133. The van der Waals surface area contributed by atoms with Crippen LogP contribution in [0.5, 0.6) is 0 Å². The normalized spacial score (nSPS) is 20.1. The summed E-state index contributed by atoms with van der Waals surface area (Å²) in [7, 11) is 0. The van der Waals surface area contributed by atoms with Gasteiger partial charge < -0.3 is 14.6 Å². The van der Waals surface area contributed by atoms with Crippen LogP contribution >= 0.6 is 0 Å². The van der Waals surface area contributed by atoms with Crippen LogP contribution in [-0.4, -0.2) is 60.4 Å². The first-order valence-electron chi connectivity index (χ1n) is 8.98. The maximum atomic E-state index is 12.3. The molecule has 0 unspecified atom stereocenters. The molecular weight excluding hydrogens is 306 g/mol. The molecule has 0 radical (unpaired) electrons. The SMILES string of the molecule is Cc1ccoc1C(=O)NC1CCN(CC(=O)N2CCCCC2)CC1. The summed E-state index contributed by atoms with van der Waals surface area (Å²) in [6.07, 6.45) is 6.79. The topological polar surface area (TPSA) is 65.8 Å². The number of hydrogen-bond acceptors (Lipinski definition) is 4. The Morgan fingerprint density at radius 3 is 2.50 bits per heavy atom. The van der Waals surface area contributed by atoms with Crippen LogP contribution in [0.4, 0.5) is 0 Å². The first-order chi connectivity index (χ1) is 11.6. The van der Waals surface area contributed by atoms with Crippen LogP contribution in [0.1, 0.15) is 48.2 Å². The van der Waals surface area contributed by atoms with E-state index < -0.39 is 0 Å². The highest BCUT2D eigenvalue weighted by Crippen LogP contribution is 2.15. The number of rotatable bonds is 4. The monoisotopic (exact) mass is 333 g/mol. The summed E-state index contributed by atoms with van der Waals surface area (Å²) < 4.78 is 5.24. The van der Waals surface area contributed by atoms with Gasteiger partial charge in [-0.1, -0.05) is 0 Å². The summed E-state index contributed by atoms with van der Waals surface area (Å²) in [4.78, 5) is 28.7. The van der Waals surface area contributed by atoms with Gasteiger partial charge in [0, 0.05) is 37.8 Å². The molecule has 3 heterocycles. The minimum absolute atomic E-state index is 0.139. The van der Waals surface area contributed by atoms with Gasteiger partial charge in [0.1, 0.15) is 0 Å². The Kier molecular flexibility index (Phi) is 5.56. The van der Waals surface area contributed by atoms with Crippen LogP contribution < -0.4 is 5.32 Å². The van der Waals surface area contributed by atoms with Gasteiger partial charge in [0.05, 0.1) is 12.8 Å². The predicted octanol–water partition coefficient (Wildman–Crippen LogP) is 1.79. The summed E-state index contributed by atoms with van der Waals surface area (Å²) in [5.74, 6) is 0.515. The van der Waals surface area contributed by atoms with E-state index in [-0.39, 0.29) is 17.9 Å². The largest absolute Gasteiger partial charge is 0.459 e. The highest BCUT2D eigenvalue weighted by Gasteiger charge is 2.25. The van der Waals surface area contributed by atoms with Crippen LogP contribution in [0.3, 0.4) is 0 Å². The Morgan fingerprint density at radius 2 is 1.88 bits per heavy atom. The molecule has 6 heteroatoms. The molecule has 0 saturated carbocycles. The molecule has 2 saturated heterocycles. The molecule has 0 atom stereocenters. The quantitative estimate of drug-likeness (QED) is 0.912. The number of hydrogen-bond donors (Lipinski definition) is 1. The van der Waals surface area contributed by atoms with Crippen molar-refractivity contribution in [2.45, 2.75) is 45.1 Å². The molecule has 2 amide bonds. The highest BCUT2D eigenvalue weighted by molar-refractivity contribution is 5.93. The molecule has 0 aromatic carbocycles.